The molecule has 0 atom stereocenters. The van der Waals surface area contributed by atoms with Crippen molar-refractivity contribution >= 4 is 35.1 Å². The number of nitrogens with zero attached hydrogens (tertiary/aromatic N) is 1. The fourth-order valence-corrected chi connectivity index (χ4v) is 2.24. The maximum atomic E-state index is 12.4. The molecule has 1 N–H and O–H groups in total. The molecule has 1 saturated carbocycles. The minimum absolute atomic E-state index is 0.0690. The first kappa shape index (κ1) is 14.2. The lowest BCUT2D eigenvalue weighted by Gasteiger charge is -2.22. The summed E-state index contributed by atoms with van der Waals surface area (Å²) in [6.07, 6.45) is 1.74. The molecule has 4 nitrogen and oxygen atoms in total. The first-order valence-corrected chi connectivity index (χ1v) is 6.72. The average molecular weight is 302 g/mol. The molecule has 0 unspecified atom stereocenters. The second-order valence-electron chi connectivity index (χ2n) is 4.50. The van der Waals surface area contributed by atoms with Crippen molar-refractivity contribution in [1.82, 2.24) is 4.90 Å². The highest BCUT2D eigenvalue weighted by Gasteiger charge is 2.33. The van der Waals surface area contributed by atoms with Gasteiger partial charge in [-0.25, -0.2) is 0 Å². The molecule has 0 radical (unpaired) electrons. The molecule has 1 aliphatic rings. The van der Waals surface area contributed by atoms with Gasteiger partial charge in [0.05, 0.1) is 17.0 Å². The number of amides is 1. The maximum absolute atomic E-state index is 12.4. The number of benzene rings is 1. The SMILES string of the molecule is O=C(O)CCN(C(=O)c1cc(Cl)ccc1Cl)C1CC1. The van der Waals surface area contributed by atoms with E-state index in [4.69, 9.17) is 28.3 Å². The van der Waals surface area contributed by atoms with Gasteiger partial charge in [-0.1, -0.05) is 23.2 Å². The van der Waals surface area contributed by atoms with Crippen LogP contribution in [0.2, 0.25) is 10.0 Å². The minimum Gasteiger partial charge on any atom is -0.481 e. The van der Waals surface area contributed by atoms with E-state index in [0.717, 1.165) is 12.8 Å². The molecule has 1 aliphatic carbocycles. The smallest absolute Gasteiger partial charge is 0.305 e. The zero-order valence-corrected chi connectivity index (χ0v) is 11.6. The van der Waals surface area contributed by atoms with E-state index < -0.39 is 5.97 Å². The number of hydrogen-bond acceptors (Lipinski definition) is 2. The van der Waals surface area contributed by atoms with Gasteiger partial charge < -0.3 is 10.0 Å². The second-order valence-corrected chi connectivity index (χ2v) is 5.34. The maximum Gasteiger partial charge on any atom is 0.305 e. The summed E-state index contributed by atoms with van der Waals surface area (Å²) in [7, 11) is 0. The van der Waals surface area contributed by atoms with Gasteiger partial charge in [0.1, 0.15) is 0 Å². The summed E-state index contributed by atoms with van der Waals surface area (Å²) in [6, 6.07) is 4.82. The van der Waals surface area contributed by atoms with Gasteiger partial charge in [0, 0.05) is 17.6 Å². The van der Waals surface area contributed by atoms with Crippen molar-refractivity contribution in [1.29, 1.82) is 0 Å². The third-order valence-electron chi connectivity index (χ3n) is 2.97. The number of aliphatic carboxylic acids is 1. The van der Waals surface area contributed by atoms with Gasteiger partial charge in [-0.2, -0.15) is 0 Å². The van der Waals surface area contributed by atoms with Crippen molar-refractivity contribution in [2.24, 2.45) is 0 Å². The number of carbonyl (C=O) groups excluding carboxylic acids is 1. The third-order valence-corrected chi connectivity index (χ3v) is 3.54. The number of carboxylic acid groups (broad SMARTS) is 1. The fourth-order valence-electron chi connectivity index (χ4n) is 1.87. The molecule has 1 fully saturated rings. The number of halogens is 2. The van der Waals surface area contributed by atoms with E-state index in [9.17, 15) is 9.59 Å². The Hall–Kier alpha value is -1.26. The number of carbonyl (C=O) groups is 2. The van der Waals surface area contributed by atoms with Crippen molar-refractivity contribution in [3.8, 4) is 0 Å². The minimum atomic E-state index is -0.921. The second kappa shape index (κ2) is 5.80. The quantitative estimate of drug-likeness (QED) is 0.909. The Bertz CT molecular complexity index is 515. The topological polar surface area (TPSA) is 57.6 Å². The molecule has 0 spiro atoms. The van der Waals surface area contributed by atoms with Crippen molar-refractivity contribution in [2.75, 3.05) is 6.54 Å². The van der Waals surface area contributed by atoms with E-state index in [0.29, 0.717) is 15.6 Å². The third kappa shape index (κ3) is 3.61. The molecular formula is C13H13Cl2NO3. The highest BCUT2D eigenvalue weighted by molar-refractivity contribution is 6.35. The van der Waals surface area contributed by atoms with Crippen LogP contribution >= 0.6 is 23.2 Å². The van der Waals surface area contributed by atoms with Gasteiger partial charge in [-0.15, -0.1) is 0 Å². The van der Waals surface area contributed by atoms with Gasteiger partial charge in [0.15, 0.2) is 0 Å². The van der Waals surface area contributed by atoms with E-state index in [2.05, 4.69) is 0 Å². The predicted octanol–water partition coefficient (Wildman–Crippen LogP) is 3.07. The van der Waals surface area contributed by atoms with Crippen LogP contribution in [0.15, 0.2) is 18.2 Å². The van der Waals surface area contributed by atoms with Crippen LogP contribution in [-0.2, 0) is 4.79 Å². The van der Waals surface area contributed by atoms with E-state index >= 15 is 0 Å². The molecular weight excluding hydrogens is 289 g/mol. The van der Waals surface area contributed by atoms with Gasteiger partial charge in [-0.05, 0) is 31.0 Å². The summed E-state index contributed by atoms with van der Waals surface area (Å²) in [5.74, 6) is -1.17. The molecule has 0 aromatic heterocycles. The molecule has 0 heterocycles. The first-order valence-electron chi connectivity index (χ1n) is 5.97. The molecule has 0 saturated heterocycles. The predicted molar refractivity (Wildman–Crippen MR) is 72.8 cm³/mol. The zero-order valence-electron chi connectivity index (χ0n) is 10.1. The summed E-state index contributed by atoms with van der Waals surface area (Å²) in [6.45, 7) is 0.196. The van der Waals surface area contributed by atoms with Gasteiger partial charge in [0.25, 0.3) is 5.91 Å². The Morgan fingerprint density at radius 2 is 2.00 bits per heavy atom. The summed E-state index contributed by atoms with van der Waals surface area (Å²) in [5.41, 5.74) is 0.325. The van der Waals surface area contributed by atoms with E-state index in [-0.39, 0.29) is 24.9 Å². The van der Waals surface area contributed by atoms with Crippen LogP contribution in [0.5, 0.6) is 0 Å². The van der Waals surface area contributed by atoms with Gasteiger partial charge >= 0.3 is 5.97 Å². The van der Waals surface area contributed by atoms with Gasteiger partial charge in [-0.3, -0.25) is 9.59 Å². The summed E-state index contributed by atoms with van der Waals surface area (Å²) >= 11 is 11.9. The highest BCUT2D eigenvalue weighted by Crippen LogP contribution is 2.30. The summed E-state index contributed by atoms with van der Waals surface area (Å²) in [4.78, 5) is 24.6. The van der Waals surface area contributed by atoms with Crippen molar-refractivity contribution in [2.45, 2.75) is 25.3 Å². The first-order chi connectivity index (χ1) is 8.99. The monoisotopic (exact) mass is 301 g/mol. The zero-order chi connectivity index (χ0) is 14.0. The van der Waals surface area contributed by atoms with Crippen LogP contribution in [0, 0.1) is 0 Å². The molecule has 2 rings (SSSR count). The van der Waals surface area contributed by atoms with Crippen molar-refractivity contribution in [3.63, 3.8) is 0 Å². The van der Waals surface area contributed by atoms with E-state index in [1.54, 1.807) is 17.0 Å². The van der Waals surface area contributed by atoms with E-state index in [1.165, 1.54) is 6.07 Å². The summed E-state index contributed by atoms with van der Waals surface area (Å²) in [5, 5.41) is 9.49. The van der Waals surface area contributed by atoms with Crippen LogP contribution in [0.1, 0.15) is 29.6 Å². The fraction of sp³-hybridized carbons (Fsp3) is 0.385. The highest BCUT2D eigenvalue weighted by atomic mass is 35.5. The lowest BCUT2D eigenvalue weighted by atomic mass is 10.2. The molecule has 1 amide bonds. The standard InChI is InChI=1S/C13H13Cl2NO3/c14-8-1-4-11(15)10(7-8)13(19)16(9-2-3-9)6-5-12(17)18/h1,4,7,9H,2-3,5-6H2,(H,17,18). The largest absolute Gasteiger partial charge is 0.481 e. The normalized spacial score (nSPS) is 14.2. The molecule has 102 valence electrons. The van der Waals surface area contributed by atoms with Crippen LogP contribution < -0.4 is 0 Å². The number of carboxylic acids is 1. The van der Waals surface area contributed by atoms with Crippen LogP contribution in [0.4, 0.5) is 0 Å². The molecule has 0 aliphatic heterocycles. The van der Waals surface area contributed by atoms with Gasteiger partial charge in [0.2, 0.25) is 0 Å². The molecule has 0 bridgehead atoms. The Labute approximate surface area is 120 Å². The number of rotatable bonds is 5. The van der Waals surface area contributed by atoms with Crippen LogP contribution in [-0.4, -0.2) is 34.5 Å². The van der Waals surface area contributed by atoms with Crippen molar-refractivity contribution < 1.29 is 14.7 Å². The molecule has 19 heavy (non-hydrogen) atoms. The lowest BCUT2D eigenvalue weighted by Crippen LogP contribution is -2.35. The van der Waals surface area contributed by atoms with Crippen LogP contribution in [0.25, 0.3) is 0 Å². The number of hydrogen-bond donors (Lipinski definition) is 1. The lowest BCUT2D eigenvalue weighted by molar-refractivity contribution is -0.137. The Kier molecular flexibility index (Phi) is 4.32. The molecule has 1 aromatic carbocycles. The Morgan fingerprint density at radius 1 is 1.32 bits per heavy atom. The average Bonchev–Trinajstić information content (AvgIpc) is 3.16. The van der Waals surface area contributed by atoms with Crippen LogP contribution in [0.3, 0.4) is 0 Å². The Balaban J connectivity index is 2.18. The summed E-state index contributed by atoms with van der Waals surface area (Å²) < 4.78 is 0. The van der Waals surface area contributed by atoms with E-state index in [1.807, 2.05) is 0 Å². The Morgan fingerprint density at radius 3 is 2.58 bits per heavy atom. The molecule has 1 aromatic rings. The van der Waals surface area contributed by atoms with Crippen molar-refractivity contribution in [3.05, 3.63) is 33.8 Å². The molecule has 6 heteroatoms.